The number of carbonyl (C=O) groups excluding carboxylic acids is 1. The van der Waals surface area contributed by atoms with Crippen LogP contribution in [0.1, 0.15) is 12.0 Å². The molecule has 1 atom stereocenters. The quantitative estimate of drug-likeness (QED) is 0.903. The Bertz CT molecular complexity index is 613. The Labute approximate surface area is 125 Å². The molecule has 3 N–H and O–H groups in total. The van der Waals surface area contributed by atoms with Crippen molar-refractivity contribution < 1.29 is 4.79 Å². The number of nitrogens with two attached hydrogens (primary N) is 1. The predicted octanol–water partition coefficient (Wildman–Crippen LogP) is 2.36. The zero-order valence-electron chi connectivity index (χ0n) is 12.0. The molecule has 0 spiro atoms. The van der Waals surface area contributed by atoms with Crippen LogP contribution in [0, 0.1) is 5.41 Å². The normalized spacial score (nSPS) is 21.3. The van der Waals surface area contributed by atoms with Crippen LogP contribution in [0.3, 0.4) is 0 Å². The third-order valence-electron chi connectivity index (χ3n) is 4.37. The van der Waals surface area contributed by atoms with Gasteiger partial charge in [0.05, 0.1) is 5.41 Å². The van der Waals surface area contributed by atoms with Crippen LogP contribution in [-0.4, -0.2) is 19.0 Å². The second-order valence-electron chi connectivity index (χ2n) is 5.81. The van der Waals surface area contributed by atoms with Crippen molar-refractivity contribution in [3.63, 3.8) is 0 Å². The summed E-state index contributed by atoms with van der Waals surface area (Å²) in [5.41, 5.74) is 8.76. The number of primary amides is 1. The van der Waals surface area contributed by atoms with Crippen LogP contribution >= 0.6 is 0 Å². The Kier molecular flexibility index (Phi) is 3.76. The summed E-state index contributed by atoms with van der Waals surface area (Å²) < 4.78 is 0. The van der Waals surface area contributed by atoms with Crippen molar-refractivity contribution >= 4 is 5.91 Å². The van der Waals surface area contributed by atoms with E-state index in [0.717, 1.165) is 18.5 Å². The van der Waals surface area contributed by atoms with Crippen molar-refractivity contribution in [1.82, 2.24) is 5.32 Å². The van der Waals surface area contributed by atoms with E-state index in [0.29, 0.717) is 13.0 Å². The van der Waals surface area contributed by atoms with Crippen molar-refractivity contribution in [2.45, 2.75) is 12.8 Å². The fourth-order valence-electron chi connectivity index (χ4n) is 3.03. The van der Waals surface area contributed by atoms with E-state index in [9.17, 15) is 4.79 Å². The molecule has 3 heteroatoms. The lowest BCUT2D eigenvalue weighted by molar-refractivity contribution is -0.126. The molecule has 2 aromatic carbocycles. The molecule has 0 aliphatic carbocycles. The second-order valence-corrected chi connectivity index (χ2v) is 5.81. The second kappa shape index (κ2) is 5.70. The molecule has 1 saturated heterocycles. The van der Waals surface area contributed by atoms with E-state index < -0.39 is 5.41 Å². The molecule has 1 aliphatic heterocycles. The number of hydrogen-bond acceptors (Lipinski definition) is 2. The van der Waals surface area contributed by atoms with Crippen molar-refractivity contribution in [1.29, 1.82) is 0 Å². The lowest BCUT2D eigenvalue weighted by Crippen LogP contribution is -2.40. The maximum absolute atomic E-state index is 11.8. The first-order valence-electron chi connectivity index (χ1n) is 7.35. The van der Waals surface area contributed by atoms with Crippen LogP contribution in [0.4, 0.5) is 0 Å². The van der Waals surface area contributed by atoms with Crippen LogP contribution in [0.5, 0.6) is 0 Å². The van der Waals surface area contributed by atoms with E-state index in [4.69, 9.17) is 5.73 Å². The molecule has 0 unspecified atom stereocenters. The maximum atomic E-state index is 11.8. The van der Waals surface area contributed by atoms with Crippen molar-refractivity contribution in [2.24, 2.45) is 11.1 Å². The monoisotopic (exact) mass is 280 g/mol. The third kappa shape index (κ3) is 2.83. The van der Waals surface area contributed by atoms with Crippen LogP contribution in [0.25, 0.3) is 11.1 Å². The summed E-state index contributed by atoms with van der Waals surface area (Å²) in [6.07, 6.45) is 1.53. The summed E-state index contributed by atoms with van der Waals surface area (Å²) in [4.78, 5) is 11.8. The molecule has 0 aromatic heterocycles. The Balaban J connectivity index is 1.80. The highest BCUT2D eigenvalue weighted by Crippen LogP contribution is 2.30. The summed E-state index contributed by atoms with van der Waals surface area (Å²) in [6, 6.07) is 18.7. The van der Waals surface area contributed by atoms with Crippen molar-refractivity contribution in [3.8, 4) is 11.1 Å². The first-order chi connectivity index (χ1) is 10.2. The van der Waals surface area contributed by atoms with Gasteiger partial charge in [-0.25, -0.2) is 0 Å². The summed E-state index contributed by atoms with van der Waals surface area (Å²) >= 11 is 0. The topological polar surface area (TPSA) is 55.1 Å². The van der Waals surface area contributed by atoms with E-state index >= 15 is 0 Å². The van der Waals surface area contributed by atoms with Gasteiger partial charge in [0, 0.05) is 6.54 Å². The standard InChI is InChI=1S/C18H20N2O/c19-17(21)18(10-11-20-13-18)12-14-6-8-16(9-7-14)15-4-2-1-3-5-15/h1-9,20H,10-13H2,(H2,19,21)/t18-/m1/s1. The predicted molar refractivity (Wildman–Crippen MR) is 84.7 cm³/mol. The van der Waals surface area contributed by atoms with Gasteiger partial charge in [0.15, 0.2) is 0 Å². The largest absolute Gasteiger partial charge is 0.369 e. The molecule has 0 radical (unpaired) electrons. The first-order valence-corrected chi connectivity index (χ1v) is 7.35. The molecule has 1 amide bonds. The van der Waals surface area contributed by atoms with Gasteiger partial charge in [0.25, 0.3) is 0 Å². The fraction of sp³-hybridized carbons (Fsp3) is 0.278. The van der Waals surface area contributed by atoms with E-state index in [2.05, 4.69) is 41.7 Å². The molecule has 2 aromatic rings. The zero-order chi connectivity index (χ0) is 14.7. The fourth-order valence-corrected chi connectivity index (χ4v) is 3.03. The number of carbonyl (C=O) groups is 1. The van der Waals surface area contributed by atoms with Gasteiger partial charge in [-0.1, -0.05) is 54.6 Å². The first kappa shape index (κ1) is 13.8. The highest BCUT2D eigenvalue weighted by molar-refractivity contribution is 5.82. The van der Waals surface area contributed by atoms with Gasteiger partial charge in [0.1, 0.15) is 0 Å². The SMILES string of the molecule is NC(=O)[C@@]1(Cc2ccc(-c3ccccc3)cc2)CCNC1. The molecule has 0 saturated carbocycles. The molecule has 1 aliphatic rings. The lowest BCUT2D eigenvalue weighted by atomic mass is 9.80. The Hall–Kier alpha value is -2.13. The Morgan fingerprint density at radius 3 is 2.29 bits per heavy atom. The molecule has 108 valence electrons. The summed E-state index contributed by atoms with van der Waals surface area (Å²) in [6.45, 7) is 1.55. The van der Waals surface area contributed by atoms with E-state index in [1.54, 1.807) is 0 Å². The number of nitrogens with one attached hydrogen (secondary N) is 1. The van der Waals surface area contributed by atoms with Gasteiger partial charge in [0.2, 0.25) is 5.91 Å². The minimum atomic E-state index is -0.422. The van der Waals surface area contributed by atoms with Crippen molar-refractivity contribution in [3.05, 3.63) is 60.2 Å². The van der Waals surface area contributed by atoms with Crippen molar-refractivity contribution in [2.75, 3.05) is 13.1 Å². The Morgan fingerprint density at radius 2 is 1.71 bits per heavy atom. The average molecular weight is 280 g/mol. The smallest absolute Gasteiger partial charge is 0.225 e. The number of hydrogen-bond donors (Lipinski definition) is 2. The molecule has 0 bridgehead atoms. The van der Waals surface area contributed by atoms with Gasteiger partial charge in [-0.2, -0.15) is 0 Å². The molecule has 1 heterocycles. The van der Waals surface area contributed by atoms with Gasteiger partial charge >= 0.3 is 0 Å². The average Bonchev–Trinajstić information content (AvgIpc) is 2.99. The molecule has 3 rings (SSSR count). The summed E-state index contributed by atoms with van der Waals surface area (Å²) in [7, 11) is 0. The zero-order valence-corrected chi connectivity index (χ0v) is 12.0. The van der Waals surface area contributed by atoms with E-state index in [-0.39, 0.29) is 5.91 Å². The highest BCUT2D eigenvalue weighted by atomic mass is 16.1. The number of amides is 1. The number of rotatable bonds is 4. The number of benzene rings is 2. The van der Waals surface area contributed by atoms with Crippen LogP contribution < -0.4 is 11.1 Å². The highest BCUT2D eigenvalue weighted by Gasteiger charge is 2.39. The molecule has 3 nitrogen and oxygen atoms in total. The van der Waals surface area contributed by atoms with Gasteiger partial charge in [-0.05, 0) is 36.1 Å². The van der Waals surface area contributed by atoms with E-state index in [1.165, 1.54) is 11.1 Å². The molecular weight excluding hydrogens is 260 g/mol. The molecule has 21 heavy (non-hydrogen) atoms. The summed E-state index contributed by atoms with van der Waals surface area (Å²) in [5.74, 6) is -0.195. The van der Waals surface area contributed by atoms with Gasteiger partial charge in [-0.15, -0.1) is 0 Å². The van der Waals surface area contributed by atoms with E-state index in [1.807, 2.05) is 18.2 Å². The minimum absolute atomic E-state index is 0.195. The van der Waals surface area contributed by atoms with Gasteiger partial charge in [-0.3, -0.25) is 4.79 Å². The minimum Gasteiger partial charge on any atom is -0.369 e. The van der Waals surface area contributed by atoms with Crippen LogP contribution in [0.2, 0.25) is 0 Å². The maximum Gasteiger partial charge on any atom is 0.225 e. The molecular formula is C18H20N2O. The lowest BCUT2D eigenvalue weighted by Gasteiger charge is -2.24. The van der Waals surface area contributed by atoms with Crippen LogP contribution in [0.15, 0.2) is 54.6 Å². The summed E-state index contributed by atoms with van der Waals surface area (Å²) in [5, 5.41) is 3.25. The molecule has 1 fully saturated rings. The van der Waals surface area contributed by atoms with Crippen LogP contribution in [-0.2, 0) is 11.2 Å². The Morgan fingerprint density at radius 1 is 1.05 bits per heavy atom. The third-order valence-corrected chi connectivity index (χ3v) is 4.37. The van der Waals surface area contributed by atoms with Gasteiger partial charge < -0.3 is 11.1 Å².